The molecule has 0 aromatic carbocycles. The average molecular weight is 372 g/mol. The van der Waals surface area contributed by atoms with Crippen molar-refractivity contribution < 1.29 is 4.79 Å². The molecule has 0 bridgehead atoms. The van der Waals surface area contributed by atoms with Crippen molar-refractivity contribution in [2.24, 2.45) is 5.41 Å². The number of aromatic nitrogens is 2. The lowest BCUT2D eigenvalue weighted by Crippen LogP contribution is -2.47. The highest BCUT2D eigenvalue weighted by Crippen LogP contribution is 2.46. The number of piperidine rings is 1. The van der Waals surface area contributed by atoms with E-state index < -0.39 is 0 Å². The number of anilines is 1. The Labute approximate surface area is 162 Å². The van der Waals surface area contributed by atoms with E-state index in [0.29, 0.717) is 11.3 Å². The summed E-state index contributed by atoms with van der Waals surface area (Å²) in [5, 5.41) is 0. The van der Waals surface area contributed by atoms with Gasteiger partial charge in [-0.25, -0.2) is 9.97 Å². The molecule has 3 fully saturated rings. The molecule has 1 spiro atoms. The first-order chi connectivity index (χ1) is 13.2. The largest absolute Gasteiger partial charge is 0.343 e. The summed E-state index contributed by atoms with van der Waals surface area (Å²) in [7, 11) is 0. The van der Waals surface area contributed by atoms with Crippen molar-refractivity contribution >= 4 is 11.9 Å². The van der Waals surface area contributed by atoms with Gasteiger partial charge in [-0.05, 0) is 50.1 Å². The Morgan fingerprint density at radius 3 is 2.30 bits per heavy atom. The number of likely N-dealkylation sites (tertiary alicyclic amines) is 1. The predicted octanol–water partition coefficient (Wildman–Crippen LogP) is 2.56. The van der Waals surface area contributed by atoms with E-state index in [0.717, 1.165) is 64.6 Å². The third-order valence-electron chi connectivity index (χ3n) is 6.81. The molecule has 3 aliphatic rings. The molecule has 6 nitrogen and oxygen atoms in total. The molecule has 148 valence electrons. The first kappa shape index (κ1) is 18.7. The van der Waals surface area contributed by atoms with Crippen molar-refractivity contribution in [1.29, 1.82) is 0 Å². The molecule has 0 radical (unpaired) electrons. The van der Waals surface area contributed by atoms with Gasteiger partial charge < -0.3 is 9.80 Å². The van der Waals surface area contributed by atoms with E-state index in [-0.39, 0.29) is 0 Å². The predicted molar refractivity (Wildman–Crippen MR) is 107 cm³/mol. The van der Waals surface area contributed by atoms with Crippen LogP contribution in [0.25, 0.3) is 0 Å². The molecule has 1 aromatic heterocycles. The maximum absolute atomic E-state index is 12.5. The summed E-state index contributed by atoms with van der Waals surface area (Å²) in [4.78, 5) is 28.1. The van der Waals surface area contributed by atoms with Gasteiger partial charge in [-0.1, -0.05) is 12.8 Å². The Morgan fingerprint density at radius 1 is 0.889 bits per heavy atom. The third kappa shape index (κ3) is 4.60. The molecule has 27 heavy (non-hydrogen) atoms. The second-order valence-corrected chi connectivity index (χ2v) is 8.60. The number of unbranched alkanes of at least 4 members (excludes halogenated alkanes) is 1. The van der Waals surface area contributed by atoms with Gasteiger partial charge in [0.1, 0.15) is 0 Å². The smallest absolute Gasteiger partial charge is 0.225 e. The Morgan fingerprint density at radius 2 is 1.59 bits per heavy atom. The van der Waals surface area contributed by atoms with Crippen LogP contribution in [-0.4, -0.2) is 71.5 Å². The van der Waals surface area contributed by atoms with Crippen LogP contribution in [0, 0.1) is 5.41 Å². The SMILES string of the molecule is O=C1CC2(CCCC2)CCN1CCCCN1CCN(c2ncccn2)CC1. The number of hydrogen-bond donors (Lipinski definition) is 0. The molecule has 2 aliphatic heterocycles. The van der Waals surface area contributed by atoms with Crippen LogP contribution in [0.4, 0.5) is 5.95 Å². The minimum absolute atomic E-state index is 0.385. The molecule has 2 saturated heterocycles. The molecule has 1 amide bonds. The lowest BCUT2D eigenvalue weighted by Gasteiger charge is -2.39. The number of carbonyl (C=O) groups excluding carboxylic acids is 1. The van der Waals surface area contributed by atoms with Crippen LogP contribution in [-0.2, 0) is 4.79 Å². The molecule has 1 aliphatic carbocycles. The van der Waals surface area contributed by atoms with E-state index >= 15 is 0 Å². The molecule has 3 heterocycles. The van der Waals surface area contributed by atoms with Crippen LogP contribution in [0.3, 0.4) is 0 Å². The van der Waals surface area contributed by atoms with Gasteiger partial charge in [-0.15, -0.1) is 0 Å². The highest BCUT2D eigenvalue weighted by Gasteiger charge is 2.40. The van der Waals surface area contributed by atoms with Gasteiger partial charge in [0.05, 0.1) is 0 Å². The second kappa shape index (κ2) is 8.55. The van der Waals surface area contributed by atoms with E-state index in [1.165, 1.54) is 38.5 Å². The minimum atomic E-state index is 0.385. The summed E-state index contributed by atoms with van der Waals surface area (Å²) >= 11 is 0. The number of nitrogens with zero attached hydrogens (tertiary/aromatic N) is 5. The molecule has 0 unspecified atom stereocenters. The quantitative estimate of drug-likeness (QED) is 0.720. The summed E-state index contributed by atoms with van der Waals surface area (Å²) in [6.45, 7) is 7.22. The van der Waals surface area contributed by atoms with Gasteiger partial charge >= 0.3 is 0 Å². The number of hydrogen-bond acceptors (Lipinski definition) is 5. The van der Waals surface area contributed by atoms with Crippen LogP contribution in [0.5, 0.6) is 0 Å². The van der Waals surface area contributed by atoms with Crippen LogP contribution in [0.1, 0.15) is 51.4 Å². The third-order valence-corrected chi connectivity index (χ3v) is 6.81. The monoisotopic (exact) mass is 371 g/mol. The summed E-state index contributed by atoms with van der Waals surface area (Å²) in [6, 6.07) is 1.86. The zero-order chi connectivity index (χ0) is 18.5. The molecule has 0 N–H and O–H groups in total. The van der Waals surface area contributed by atoms with E-state index in [9.17, 15) is 4.79 Å². The zero-order valence-corrected chi connectivity index (χ0v) is 16.5. The van der Waals surface area contributed by atoms with E-state index in [1.807, 2.05) is 18.5 Å². The lowest BCUT2D eigenvalue weighted by atomic mass is 9.76. The Bertz CT molecular complexity index is 608. The molecule has 0 atom stereocenters. The molecule has 6 heteroatoms. The van der Waals surface area contributed by atoms with Gasteiger partial charge in [0.2, 0.25) is 11.9 Å². The normalized spacial score (nSPS) is 23.3. The highest BCUT2D eigenvalue weighted by molar-refractivity contribution is 5.77. The summed E-state index contributed by atoms with van der Waals surface area (Å²) < 4.78 is 0. The van der Waals surface area contributed by atoms with E-state index in [4.69, 9.17) is 0 Å². The summed E-state index contributed by atoms with van der Waals surface area (Å²) in [5.41, 5.74) is 0.385. The first-order valence-electron chi connectivity index (χ1n) is 10.8. The maximum Gasteiger partial charge on any atom is 0.225 e. The minimum Gasteiger partial charge on any atom is -0.343 e. The highest BCUT2D eigenvalue weighted by atomic mass is 16.2. The maximum atomic E-state index is 12.5. The molecule has 1 aromatic rings. The molecule has 4 rings (SSSR count). The number of rotatable bonds is 6. The average Bonchev–Trinajstić information content (AvgIpc) is 3.15. The summed E-state index contributed by atoms with van der Waals surface area (Å²) in [5.74, 6) is 1.26. The van der Waals surface area contributed by atoms with Crippen molar-refractivity contribution in [2.75, 3.05) is 50.7 Å². The van der Waals surface area contributed by atoms with Crippen molar-refractivity contribution in [3.8, 4) is 0 Å². The van der Waals surface area contributed by atoms with E-state index in [2.05, 4.69) is 24.7 Å². The zero-order valence-electron chi connectivity index (χ0n) is 16.5. The van der Waals surface area contributed by atoms with Crippen LogP contribution in [0.15, 0.2) is 18.5 Å². The van der Waals surface area contributed by atoms with Crippen LogP contribution < -0.4 is 4.90 Å². The van der Waals surface area contributed by atoms with Gasteiger partial charge in [-0.3, -0.25) is 9.69 Å². The van der Waals surface area contributed by atoms with Crippen molar-refractivity contribution in [2.45, 2.75) is 51.4 Å². The van der Waals surface area contributed by atoms with Crippen LogP contribution >= 0.6 is 0 Å². The molecule has 1 saturated carbocycles. The first-order valence-corrected chi connectivity index (χ1v) is 10.8. The fraction of sp³-hybridized carbons (Fsp3) is 0.762. The fourth-order valence-electron chi connectivity index (χ4n) is 5.07. The van der Waals surface area contributed by atoms with Gasteiger partial charge in [0.25, 0.3) is 0 Å². The molecular formula is C21H33N5O. The lowest BCUT2D eigenvalue weighted by molar-refractivity contribution is -0.138. The topological polar surface area (TPSA) is 52.6 Å². The fourth-order valence-corrected chi connectivity index (χ4v) is 5.07. The number of carbonyl (C=O) groups is 1. The number of piperazine rings is 1. The second-order valence-electron chi connectivity index (χ2n) is 8.60. The van der Waals surface area contributed by atoms with E-state index in [1.54, 1.807) is 0 Å². The van der Waals surface area contributed by atoms with Gasteiger partial charge in [0, 0.05) is 58.1 Å². The Kier molecular flexibility index (Phi) is 5.91. The number of amides is 1. The Hall–Kier alpha value is -1.69. The van der Waals surface area contributed by atoms with Crippen molar-refractivity contribution in [3.05, 3.63) is 18.5 Å². The van der Waals surface area contributed by atoms with Crippen molar-refractivity contribution in [3.63, 3.8) is 0 Å². The van der Waals surface area contributed by atoms with Crippen LogP contribution in [0.2, 0.25) is 0 Å². The van der Waals surface area contributed by atoms with Gasteiger partial charge in [0.15, 0.2) is 0 Å². The van der Waals surface area contributed by atoms with Crippen molar-refractivity contribution in [1.82, 2.24) is 19.8 Å². The summed E-state index contributed by atoms with van der Waals surface area (Å²) in [6.07, 6.45) is 13.2. The Balaban J connectivity index is 1.12. The van der Waals surface area contributed by atoms with Gasteiger partial charge in [-0.2, -0.15) is 0 Å². The molecular weight excluding hydrogens is 338 g/mol. The standard InChI is InChI=1S/C21H33N5O/c27-19-18-21(6-1-2-7-21)8-13-25(19)12-4-3-11-24-14-16-26(17-15-24)20-22-9-5-10-23-20/h5,9-10H,1-4,6-8,11-18H2.